The van der Waals surface area contributed by atoms with Crippen LogP contribution in [0.15, 0.2) is 36.4 Å². The molecule has 0 spiro atoms. The number of rotatable bonds is 5. The lowest BCUT2D eigenvalue weighted by Crippen LogP contribution is -2.44. The minimum atomic E-state index is -0.770. The number of anilines is 1. The highest BCUT2D eigenvalue weighted by Crippen LogP contribution is 2.29. The van der Waals surface area contributed by atoms with Crippen LogP contribution in [-0.4, -0.2) is 58.9 Å². The Hall–Kier alpha value is -3.16. The molecule has 1 unspecified atom stereocenters. The van der Waals surface area contributed by atoms with Crippen molar-refractivity contribution in [3.63, 3.8) is 0 Å². The zero-order valence-electron chi connectivity index (χ0n) is 18.3. The molecule has 3 heterocycles. The Morgan fingerprint density at radius 3 is 2.41 bits per heavy atom. The minimum absolute atomic E-state index is 0.0525. The maximum Gasteiger partial charge on any atom is 0.263 e. The number of amides is 2. The van der Waals surface area contributed by atoms with Crippen molar-refractivity contribution in [2.75, 3.05) is 31.9 Å². The number of carbonyl (C=O) groups is 2. The van der Waals surface area contributed by atoms with E-state index in [0.29, 0.717) is 18.7 Å². The Morgan fingerprint density at radius 2 is 1.75 bits per heavy atom. The van der Waals surface area contributed by atoms with Crippen molar-refractivity contribution in [2.45, 2.75) is 44.6 Å². The quantitative estimate of drug-likeness (QED) is 0.771. The fourth-order valence-corrected chi connectivity index (χ4v) is 4.42. The molecular formula is C24H29FN4O3. The van der Waals surface area contributed by atoms with E-state index in [4.69, 9.17) is 10.5 Å². The molecule has 0 aliphatic carbocycles. The number of nitrogens with zero attached hydrogens (tertiary/aromatic N) is 3. The summed E-state index contributed by atoms with van der Waals surface area (Å²) < 4.78 is 19.3. The molecule has 4 rings (SSSR count). The number of nitrogen functional groups attached to an aromatic ring is 1. The molecule has 0 radical (unpaired) electrons. The third kappa shape index (κ3) is 4.69. The first-order valence-corrected chi connectivity index (χ1v) is 11.2. The molecule has 2 aliphatic rings. The van der Waals surface area contributed by atoms with E-state index in [1.165, 1.54) is 12.1 Å². The monoisotopic (exact) mass is 440 g/mol. The Labute approximate surface area is 187 Å². The number of piperidine rings is 1. The van der Waals surface area contributed by atoms with Gasteiger partial charge in [-0.25, -0.2) is 9.37 Å². The summed E-state index contributed by atoms with van der Waals surface area (Å²) in [5.74, 6) is -0.188. The van der Waals surface area contributed by atoms with Crippen LogP contribution in [0.4, 0.5) is 10.2 Å². The first-order valence-electron chi connectivity index (χ1n) is 11.2. The maximum atomic E-state index is 13.8. The lowest BCUT2D eigenvalue weighted by Gasteiger charge is -2.33. The molecule has 2 aliphatic heterocycles. The van der Waals surface area contributed by atoms with Gasteiger partial charge >= 0.3 is 0 Å². The van der Waals surface area contributed by atoms with E-state index in [9.17, 15) is 14.0 Å². The lowest BCUT2D eigenvalue weighted by molar-refractivity contribution is -0.139. The SMILES string of the molecule is CC(Oc1ccccc1F)C(=O)N1CCC(c2ccc(C(=O)N3CCCC3)c(N)n2)CC1. The Bertz CT molecular complexity index is 985. The van der Waals surface area contributed by atoms with Gasteiger partial charge in [-0.1, -0.05) is 12.1 Å². The second kappa shape index (κ2) is 9.54. The number of para-hydroxylation sites is 1. The van der Waals surface area contributed by atoms with E-state index in [0.717, 1.165) is 44.5 Å². The van der Waals surface area contributed by atoms with Crippen molar-refractivity contribution in [3.05, 3.63) is 53.5 Å². The van der Waals surface area contributed by atoms with Gasteiger partial charge in [0.05, 0.1) is 5.56 Å². The molecule has 0 bridgehead atoms. The van der Waals surface area contributed by atoms with Gasteiger partial charge in [-0.2, -0.15) is 0 Å². The molecule has 1 aromatic heterocycles. The highest BCUT2D eigenvalue weighted by molar-refractivity contribution is 5.98. The van der Waals surface area contributed by atoms with Gasteiger partial charge in [0.25, 0.3) is 11.8 Å². The van der Waals surface area contributed by atoms with E-state index in [1.54, 1.807) is 30.0 Å². The summed E-state index contributed by atoms with van der Waals surface area (Å²) in [6.07, 6.45) is 2.76. The van der Waals surface area contributed by atoms with E-state index < -0.39 is 11.9 Å². The number of likely N-dealkylation sites (tertiary alicyclic amines) is 2. The van der Waals surface area contributed by atoms with Crippen LogP contribution in [0.3, 0.4) is 0 Å². The van der Waals surface area contributed by atoms with E-state index in [2.05, 4.69) is 4.98 Å². The van der Waals surface area contributed by atoms with Gasteiger partial charge in [0, 0.05) is 37.8 Å². The van der Waals surface area contributed by atoms with Crippen LogP contribution < -0.4 is 10.5 Å². The van der Waals surface area contributed by atoms with Gasteiger partial charge < -0.3 is 20.3 Å². The van der Waals surface area contributed by atoms with Crippen molar-refractivity contribution < 1.29 is 18.7 Å². The number of carbonyl (C=O) groups excluding carboxylic acids is 2. The molecule has 1 aromatic carbocycles. The topological polar surface area (TPSA) is 88.8 Å². The van der Waals surface area contributed by atoms with Crippen LogP contribution >= 0.6 is 0 Å². The summed E-state index contributed by atoms with van der Waals surface area (Å²) in [5, 5.41) is 0. The standard InChI is InChI=1S/C24H29FN4O3/c1-16(32-21-7-3-2-6-19(21)25)23(30)29-14-10-17(11-15-29)20-9-8-18(22(26)27-20)24(31)28-12-4-5-13-28/h2-3,6-9,16-17H,4-5,10-15H2,1H3,(H2,26,27). The molecule has 170 valence electrons. The minimum Gasteiger partial charge on any atom is -0.478 e. The maximum absolute atomic E-state index is 13.8. The predicted octanol–water partition coefficient (Wildman–Crippen LogP) is 3.21. The second-order valence-electron chi connectivity index (χ2n) is 8.46. The number of benzene rings is 1. The molecule has 2 fully saturated rings. The van der Waals surface area contributed by atoms with E-state index in [-0.39, 0.29) is 29.3 Å². The van der Waals surface area contributed by atoms with E-state index >= 15 is 0 Å². The number of hydrogen-bond acceptors (Lipinski definition) is 5. The molecule has 8 heteroatoms. The van der Waals surface area contributed by atoms with Gasteiger partial charge in [-0.05, 0) is 56.9 Å². The van der Waals surface area contributed by atoms with Crippen molar-refractivity contribution in [1.82, 2.24) is 14.8 Å². The van der Waals surface area contributed by atoms with Gasteiger partial charge in [0.1, 0.15) is 5.82 Å². The number of aromatic nitrogens is 1. The fourth-order valence-electron chi connectivity index (χ4n) is 4.42. The average Bonchev–Trinajstić information content (AvgIpc) is 3.35. The van der Waals surface area contributed by atoms with E-state index in [1.807, 2.05) is 11.0 Å². The van der Waals surface area contributed by atoms with Crippen molar-refractivity contribution in [2.24, 2.45) is 0 Å². The molecule has 0 saturated carbocycles. The number of hydrogen-bond donors (Lipinski definition) is 1. The first kappa shape index (κ1) is 22.0. The normalized spacial score (nSPS) is 17.9. The molecule has 7 nitrogen and oxygen atoms in total. The summed E-state index contributed by atoms with van der Waals surface area (Å²) >= 11 is 0. The highest BCUT2D eigenvalue weighted by Gasteiger charge is 2.29. The van der Waals surface area contributed by atoms with Crippen LogP contribution in [0.1, 0.15) is 54.6 Å². The molecule has 1 atom stereocenters. The van der Waals surface area contributed by atoms with Gasteiger partial charge in [0.2, 0.25) is 0 Å². The Kier molecular flexibility index (Phi) is 6.58. The Morgan fingerprint density at radius 1 is 1.06 bits per heavy atom. The summed E-state index contributed by atoms with van der Waals surface area (Å²) in [7, 11) is 0. The summed E-state index contributed by atoms with van der Waals surface area (Å²) in [6, 6.07) is 9.73. The van der Waals surface area contributed by atoms with Crippen molar-refractivity contribution in [1.29, 1.82) is 0 Å². The van der Waals surface area contributed by atoms with Crippen LogP contribution in [0.25, 0.3) is 0 Å². The van der Waals surface area contributed by atoms with Crippen molar-refractivity contribution >= 4 is 17.6 Å². The smallest absolute Gasteiger partial charge is 0.263 e. The third-order valence-corrected chi connectivity index (χ3v) is 6.28. The largest absolute Gasteiger partial charge is 0.478 e. The van der Waals surface area contributed by atoms with Crippen LogP contribution in [0, 0.1) is 5.82 Å². The number of pyridine rings is 1. The van der Waals surface area contributed by atoms with Gasteiger partial charge in [-0.15, -0.1) is 0 Å². The van der Waals surface area contributed by atoms with Crippen LogP contribution in [-0.2, 0) is 4.79 Å². The van der Waals surface area contributed by atoms with Crippen LogP contribution in [0.2, 0.25) is 0 Å². The zero-order chi connectivity index (χ0) is 22.7. The predicted molar refractivity (Wildman–Crippen MR) is 119 cm³/mol. The summed E-state index contributed by atoms with van der Waals surface area (Å²) in [6.45, 7) is 4.30. The number of ether oxygens (including phenoxy) is 1. The summed E-state index contributed by atoms with van der Waals surface area (Å²) in [5.41, 5.74) is 7.44. The first-order chi connectivity index (χ1) is 15.4. The molecule has 2 amide bonds. The highest BCUT2D eigenvalue weighted by atomic mass is 19.1. The third-order valence-electron chi connectivity index (χ3n) is 6.28. The number of halogens is 1. The van der Waals surface area contributed by atoms with Crippen LogP contribution in [0.5, 0.6) is 5.75 Å². The van der Waals surface area contributed by atoms with Gasteiger partial charge in [-0.3, -0.25) is 9.59 Å². The lowest BCUT2D eigenvalue weighted by atomic mass is 9.92. The Balaban J connectivity index is 1.34. The molecule has 32 heavy (non-hydrogen) atoms. The van der Waals surface area contributed by atoms with Crippen molar-refractivity contribution in [3.8, 4) is 5.75 Å². The molecule has 2 saturated heterocycles. The zero-order valence-corrected chi connectivity index (χ0v) is 18.3. The fraction of sp³-hybridized carbons (Fsp3) is 0.458. The molecule has 2 aromatic rings. The number of nitrogens with two attached hydrogens (primary N) is 1. The van der Waals surface area contributed by atoms with Gasteiger partial charge in [0.15, 0.2) is 17.7 Å². The second-order valence-corrected chi connectivity index (χ2v) is 8.46. The molecule has 2 N–H and O–H groups in total. The summed E-state index contributed by atoms with van der Waals surface area (Å²) in [4.78, 5) is 33.5. The molecular weight excluding hydrogens is 411 g/mol. The average molecular weight is 441 g/mol.